The molecule has 1 aromatic heterocycles. The summed E-state index contributed by atoms with van der Waals surface area (Å²) in [5, 5.41) is 3.26. The minimum absolute atomic E-state index is 0.378. The molecule has 0 radical (unpaired) electrons. The van der Waals surface area contributed by atoms with Gasteiger partial charge < -0.3 is 9.26 Å². The van der Waals surface area contributed by atoms with E-state index in [1.54, 1.807) is 24.3 Å². The average molecular weight is 274 g/mol. The van der Waals surface area contributed by atoms with Gasteiger partial charge in [0, 0.05) is 22.3 Å². The zero-order valence-electron chi connectivity index (χ0n) is 8.75. The summed E-state index contributed by atoms with van der Waals surface area (Å²) in [4.78, 5) is 0. The van der Waals surface area contributed by atoms with E-state index in [4.69, 9.17) is 15.4 Å². The summed E-state index contributed by atoms with van der Waals surface area (Å²) in [5.41, 5.74) is 1.06. The lowest BCUT2D eigenvalue weighted by Gasteiger charge is -2.00. The number of rotatable bonds is 3. The van der Waals surface area contributed by atoms with Crippen LogP contribution in [0.2, 0.25) is 0 Å². The van der Waals surface area contributed by atoms with Gasteiger partial charge in [-0.05, 0) is 12.1 Å². The molecule has 2 rings (SSSR count). The van der Waals surface area contributed by atoms with Crippen LogP contribution in [0, 0.1) is 0 Å². The molecule has 0 amide bonds. The first-order valence-electron chi connectivity index (χ1n) is 4.56. The Hall–Kier alpha value is -1.53. The number of hydrogen-bond acceptors (Lipinski definition) is 5. The number of aromatic nitrogens is 1. The average Bonchev–Trinajstić information content (AvgIpc) is 2.78. The maximum Gasteiger partial charge on any atom is 0.297 e. The van der Waals surface area contributed by atoms with Crippen LogP contribution in [0.5, 0.6) is 5.75 Å². The summed E-state index contributed by atoms with van der Waals surface area (Å²) in [6.07, 6.45) is 0. The molecule has 90 valence electrons. The molecule has 0 atom stereocenters. The molecule has 1 heterocycles. The standard InChI is InChI=1S/C10H8ClNO4S/c1-15-8-4-2-3-7(5-8)9-6-10(16-12-9)17(11,13)14/h2-6H,1H3. The van der Waals surface area contributed by atoms with E-state index in [2.05, 4.69) is 9.68 Å². The summed E-state index contributed by atoms with van der Waals surface area (Å²) in [6, 6.07) is 8.26. The highest BCUT2D eigenvalue weighted by Gasteiger charge is 2.17. The number of nitrogens with zero attached hydrogens (tertiary/aromatic N) is 1. The Labute approximate surface area is 102 Å². The number of halogens is 1. The molecule has 2 aromatic rings. The summed E-state index contributed by atoms with van der Waals surface area (Å²) >= 11 is 0. The molecule has 0 bridgehead atoms. The maximum absolute atomic E-state index is 11.0. The Morgan fingerprint density at radius 3 is 2.71 bits per heavy atom. The number of methoxy groups -OCH3 is 1. The van der Waals surface area contributed by atoms with E-state index < -0.39 is 9.05 Å². The largest absolute Gasteiger partial charge is 0.497 e. The number of benzene rings is 1. The summed E-state index contributed by atoms with van der Waals surface area (Å²) in [5.74, 6) is 0.640. The van der Waals surface area contributed by atoms with Crippen LogP contribution in [0.15, 0.2) is 39.9 Å². The SMILES string of the molecule is COc1cccc(-c2cc(S(=O)(=O)Cl)on2)c1. The minimum Gasteiger partial charge on any atom is -0.497 e. The van der Waals surface area contributed by atoms with Crippen LogP contribution < -0.4 is 4.74 Å². The van der Waals surface area contributed by atoms with Crippen molar-refractivity contribution >= 4 is 19.7 Å². The molecular weight excluding hydrogens is 266 g/mol. The van der Waals surface area contributed by atoms with Crippen molar-refractivity contribution in [1.29, 1.82) is 0 Å². The smallest absolute Gasteiger partial charge is 0.297 e. The van der Waals surface area contributed by atoms with Crippen molar-refractivity contribution in [2.24, 2.45) is 0 Å². The van der Waals surface area contributed by atoms with Gasteiger partial charge in [0.2, 0.25) is 0 Å². The highest BCUT2D eigenvalue weighted by Crippen LogP contribution is 2.26. The molecule has 0 spiro atoms. The van der Waals surface area contributed by atoms with E-state index in [1.165, 1.54) is 13.2 Å². The second-order valence-corrected chi connectivity index (χ2v) is 5.70. The lowest BCUT2D eigenvalue weighted by Crippen LogP contribution is -1.85. The van der Waals surface area contributed by atoms with Crippen LogP contribution in [0.4, 0.5) is 0 Å². The van der Waals surface area contributed by atoms with E-state index in [0.717, 1.165) is 0 Å². The van der Waals surface area contributed by atoms with Gasteiger partial charge in [0.25, 0.3) is 14.1 Å². The topological polar surface area (TPSA) is 69.4 Å². The van der Waals surface area contributed by atoms with Gasteiger partial charge in [0.05, 0.1) is 7.11 Å². The van der Waals surface area contributed by atoms with Gasteiger partial charge in [-0.15, -0.1) is 0 Å². The quantitative estimate of drug-likeness (QED) is 0.803. The first kappa shape index (κ1) is 11.9. The predicted molar refractivity (Wildman–Crippen MR) is 61.5 cm³/mol. The van der Waals surface area contributed by atoms with Gasteiger partial charge in [0.15, 0.2) is 0 Å². The maximum atomic E-state index is 11.0. The Bertz CT molecular complexity index is 635. The van der Waals surface area contributed by atoms with Crippen molar-refractivity contribution in [1.82, 2.24) is 5.16 Å². The van der Waals surface area contributed by atoms with Crippen molar-refractivity contribution in [3.8, 4) is 17.0 Å². The monoisotopic (exact) mass is 273 g/mol. The molecule has 0 aliphatic carbocycles. The zero-order chi connectivity index (χ0) is 12.5. The molecule has 17 heavy (non-hydrogen) atoms. The molecule has 0 saturated carbocycles. The summed E-state index contributed by atoms with van der Waals surface area (Å²) in [6.45, 7) is 0. The minimum atomic E-state index is -3.89. The number of hydrogen-bond donors (Lipinski definition) is 0. The molecule has 0 aliphatic rings. The fourth-order valence-corrected chi connectivity index (χ4v) is 1.89. The highest BCUT2D eigenvalue weighted by molar-refractivity contribution is 8.13. The fourth-order valence-electron chi connectivity index (χ4n) is 1.29. The molecule has 0 saturated heterocycles. The van der Waals surface area contributed by atoms with Crippen LogP contribution in [0.25, 0.3) is 11.3 Å². The Kier molecular flexibility index (Phi) is 3.08. The van der Waals surface area contributed by atoms with E-state index >= 15 is 0 Å². The zero-order valence-corrected chi connectivity index (χ0v) is 10.3. The molecular formula is C10H8ClNO4S. The van der Waals surface area contributed by atoms with Crippen molar-refractivity contribution in [3.63, 3.8) is 0 Å². The van der Waals surface area contributed by atoms with Crippen molar-refractivity contribution < 1.29 is 17.7 Å². The van der Waals surface area contributed by atoms with E-state index in [0.29, 0.717) is 17.0 Å². The summed E-state index contributed by atoms with van der Waals surface area (Å²) < 4.78 is 31.7. The third kappa shape index (κ3) is 2.59. The molecule has 0 N–H and O–H groups in total. The van der Waals surface area contributed by atoms with Gasteiger partial charge in [-0.3, -0.25) is 0 Å². The molecule has 7 heteroatoms. The lowest BCUT2D eigenvalue weighted by atomic mass is 10.1. The second kappa shape index (κ2) is 4.38. The predicted octanol–water partition coefficient (Wildman–Crippen LogP) is 2.28. The van der Waals surface area contributed by atoms with Gasteiger partial charge in [-0.25, -0.2) is 8.42 Å². The highest BCUT2D eigenvalue weighted by atomic mass is 35.7. The first-order valence-corrected chi connectivity index (χ1v) is 6.87. The molecule has 0 unspecified atom stereocenters. The summed E-state index contributed by atoms with van der Waals surface area (Å²) in [7, 11) is 2.78. The third-order valence-electron chi connectivity index (χ3n) is 2.09. The molecule has 1 aromatic carbocycles. The van der Waals surface area contributed by atoms with Gasteiger partial charge >= 0.3 is 0 Å². The molecule has 5 nitrogen and oxygen atoms in total. The van der Waals surface area contributed by atoms with Crippen molar-refractivity contribution in [2.75, 3.05) is 7.11 Å². The second-order valence-electron chi connectivity index (χ2n) is 3.20. The van der Waals surface area contributed by atoms with E-state index in [1.807, 2.05) is 0 Å². The Morgan fingerprint density at radius 1 is 1.35 bits per heavy atom. The lowest BCUT2D eigenvalue weighted by molar-refractivity contribution is 0.343. The van der Waals surface area contributed by atoms with Gasteiger partial charge in [-0.1, -0.05) is 17.3 Å². The molecule has 0 aliphatic heterocycles. The van der Waals surface area contributed by atoms with Gasteiger partial charge in [0.1, 0.15) is 11.4 Å². The van der Waals surface area contributed by atoms with Crippen LogP contribution in [-0.4, -0.2) is 20.7 Å². The first-order chi connectivity index (χ1) is 8.00. The molecule has 0 fully saturated rings. The van der Waals surface area contributed by atoms with Crippen LogP contribution in [0.1, 0.15) is 0 Å². The van der Waals surface area contributed by atoms with Crippen LogP contribution in [-0.2, 0) is 9.05 Å². The van der Waals surface area contributed by atoms with Crippen molar-refractivity contribution in [3.05, 3.63) is 30.3 Å². The van der Waals surface area contributed by atoms with E-state index in [9.17, 15) is 8.42 Å². The van der Waals surface area contributed by atoms with Crippen LogP contribution in [0.3, 0.4) is 0 Å². The number of ether oxygens (including phenoxy) is 1. The Balaban J connectivity index is 2.43. The fraction of sp³-hybridized carbons (Fsp3) is 0.100. The van der Waals surface area contributed by atoms with Crippen molar-refractivity contribution in [2.45, 2.75) is 5.09 Å². The normalized spacial score (nSPS) is 11.4. The van der Waals surface area contributed by atoms with E-state index in [-0.39, 0.29) is 5.09 Å². The van der Waals surface area contributed by atoms with Gasteiger partial charge in [-0.2, -0.15) is 0 Å². The third-order valence-corrected chi connectivity index (χ3v) is 3.22. The Morgan fingerprint density at radius 2 is 2.12 bits per heavy atom. The van der Waals surface area contributed by atoms with Crippen LogP contribution >= 0.6 is 10.7 Å².